The van der Waals surface area contributed by atoms with Gasteiger partial charge in [-0.3, -0.25) is 4.79 Å². The predicted molar refractivity (Wildman–Crippen MR) is 125 cm³/mol. The summed E-state index contributed by atoms with van der Waals surface area (Å²) in [5, 5.41) is 3.68. The van der Waals surface area contributed by atoms with Crippen molar-refractivity contribution >= 4 is 51.4 Å². The SMILES string of the molecule is Cc1ccc2c(Cl)cc(Cl)c(OCC(=O)Nc3cc(C(F)(F)F)ccc3N3CCOCC3)c2n1. The summed E-state index contributed by atoms with van der Waals surface area (Å²) >= 11 is 12.5. The molecule has 0 radical (unpaired) electrons. The second-order valence-electron chi connectivity index (χ2n) is 7.68. The number of fused-ring (bicyclic) bond motifs is 1. The Balaban J connectivity index is 1.58. The summed E-state index contributed by atoms with van der Waals surface area (Å²) in [6.45, 7) is 3.14. The van der Waals surface area contributed by atoms with Gasteiger partial charge in [0.15, 0.2) is 12.4 Å². The van der Waals surface area contributed by atoms with E-state index in [0.29, 0.717) is 53.6 Å². The van der Waals surface area contributed by atoms with Crippen LogP contribution in [-0.2, 0) is 15.7 Å². The first-order valence-corrected chi connectivity index (χ1v) is 11.1. The summed E-state index contributed by atoms with van der Waals surface area (Å²) in [6, 6.07) is 8.28. The van der Waals surface area contributed by atoms with Gasteiger partial charge >= 0.3 is 6.18 Å². The Morgan fingerprint density at radius 1 is 1.15 bits per heavy atom. The fraction of sp³-hybridized carbons (Fsp3) is 0.304. The maximum atomic E-state index is 13.3. The number of nitrogens with zero attached hydrogens (tertiary/aromatic N) is 2. The molecule has 1 N–H and O–H groups in total. The molecule has 2 heterocycles. The molecule has 180 valence electrons. The molecule has 1 aromatic heterocycles. The minimum atomic E-state index is -4.56. The van der Waals surface area contributed by atoms with Crippen LogP contribution < -0.4 is 15.0 Å². The van der Waals surface area contributed by atoms with Gasteiger partial charge in [-0.1, -0.05) is 23.2 Å². The van der Waals surface area contributed by atoms with Crippen LogP contribution in [0.5, 0.6) is 5.75 Å². The average Bonchev–Trinajstić information content (AvgIpc) is 2.78. The Morgan fingerprint density at radius 3 is 2.59 bits per heavy atom. The lowest BCUT2D eigenvalue weighted by molar-refractivity contribution is -0.137. The smallest absolute Gasteiger partial charge is 0.416 e. The molecule has 0 saturated carbocycles. The topological polar surface area (TPSA) is 63.7 Å². The number of ether oxygens (including phenoxy) is 2. The van der Waals surface area contributed by atoms with Gasteiger partial charge in [0.2, 0.25) is 0 Å². The van der Waals surface area contributed by atoms with E-state index in [-0.39, 0.29) is 16.5 Å². The lowest BCUT2D eigenvalue weighted by Crippen LogP contribution is -2.37. The van der Waals surface area contributed by atoms with E-state index in [2.05, 4.69) is 10.3 Å². The third kappa shape index (κ3) is 5.32. The molecule has 1 fully saturated rings. The van der Waals surface area contributed by atoms with Gasteiger partial charge < -0.3 is 19.7 Å². The number of hydrogen-bond acceptors (Lipinski definition) is 5. The number of carbonyl (C=O) groups is 1. The third-order valence-corrected chi connectivity index (χ3v) is 5.87. The van der Waals surface area contributed by atoms with Crippen molar-refractivity contribution < 1.29 is 27.4 Å². The third-order valence-electron chi connectivity index (χ3n) is 5.27. The van der Waals surface area contributed by atoms with E-state index in [1.165, 1.54) is 12.1 Å². The van der Waals surface area contributed by atoms with Crippen LogP contribution in [0.3, 0.4) is 0 Å². The van der Waals surface area contributed by atoms with Gasteiger partial charge in [-0.05, 0) is 43.3 Å². The molecule has 1 saturated heterocycles. The highest BCUT2D eigenvalue weighted by Crippen LogP contribution is 2.38. The van der Waals surface area contributed by atoms with Crippen molar-refractivity contribution in [3.8, 4) is 5.75 Å². The highest BCUT2D eigenvalue weighted by atomic mass is 35.5. The van der Waals surface area contributed by atoms with Crippen molar-refractivity contribution in [1.82, 2.24) is 4.98 Å². The lowest BCUT2D eigenvalue weighted by Gasteiger charge is -2.31. The number of halogens is 5. The average molecular weight is 514 g/mol. The largest absolute Gasteiger partial charge is 0.480 e. The van der Waals surface area contributed by atoms with Gasteiger partial charge in [0.25, 0.3) is 5.91 Å². The Kier molecular flexibility index (Phi) is 7.06. The fourth-order valence-electron chi connectivity index (χ4n) is 3.64. The number of morpholine rings is 1. The number of rotatable bonds is 5. The summed E-state index contributed by atoms with van der Waals surface area (Å²) in [4.78, 5) is 19.0. The molecule has 3 aromatic rings. The highest BCUT2D eigenvalue weighted by Gasteiger charge is 2.32. The molecule has 1 aliphatic heterocycles. The summed E-state index contributed by atoms with van der Waals surface area (Å²) in [5.41, 5.74) is 0.716. The molecule has 0 atom stereocenters. The molecule has 0 aliphatic carbocycles. The normalized spacial score (nSPS) is 14.4. The van der Waals surface area contributed by atoms with E-state index in [1.54, 1.807) is 19.1 Å². The summed E-state index contributed by atoms with van der Waals surface area (Å²) < 4.78 is 50.9. The Morgan fingerprint density at radius 2 is 1.88 bits per heavy atom. The zero-order valence-electron chi connectivity index (χ0n) is 18.0. The number of nitrogens with one attached hydrogen (secondary N) is 1. The van der Waals surface area contributed by atoms with Gasteiger partial charge in [-0.15, -0.1) is 0 Å². The van der Waals surface area contributed by atoms with E-state index in [9.17, 15) is 18.0 Å². The zero-order chi connectivity index (χ0) is 24.5. The number of benzene rings is 2. The number of aryl methyl sites for hydroxylation is 1. The van der Waals surface area contributed by atoms with Crippen molar-refractivity contribution in [3.63, 3.8) is 0 Å². The maximum absolute atomic E-state index is 13.3. The lowest BCUT2D eigenvalue weighted by atomic mass is 10.1. The number of anilines is 2. The van der Waals surface area contributed by atoms with Gasteiger partial charge in [-0.25, -0.2) is 4.98 Å². The Hall–Kier alpha value is -2.75. The highest BCUT2D eigenvalue weighted by molar-refractivity contribution is 6.39. The van der Waals surface area contributed by atoms with Crippen LogP contribution in [0.15, 0.2) is 36.4 Å². The second kappa shape index (κ2) is 9.85. The summed E-state index contributed by atoms with van der Waals surface area (Å²) in [6.07, 6.45) is -4.56. The molecule has 0 unspecified atom stereocenters. The summed E-state index contributed by atoms with van der Waals surface area (Å²) in [7, 11) is 0. The molecule has 0 bridgehead atoms. The van der Waals surface area contributed by atoms with Crippen molar-refractivity contribution in [2.45, 2.75) is 13.1 Å². The van der Waals surface area contributed by atoms with Crippen LogP contribution in [-0.4, -0.2) is 43.8 Å². The van der Waals surface area contributed by atoms with E-state index >= 15 is 0 Å². The van der Waals surface area contributed by atoms with Crippen LogP contribution in [0.25, 0.3) is 10.9 Å². The molecule has 34 heavy (non-hydrogen) atoms. The van der Waals surface area contributed by atoms with Crippen molar-refractivity contribution in [3.05, 3.63) is 57.7 Å². The first-order valence-electron chi connectivity index (χ1n) is 10.4. The molecule has 11 heteroatoms. The molecular weight excluding hydrogens is 494 g/mol. The summed E-state index contributed by atoms with van der Waals surface area (Å²) in [5.74, 6) is -0.488. The zero-order valence-corrected chi connectivity index (χ0v) is 19.5. The fourth-order valence-corrected chi connectivity index (χ4v) is 4.21. The first-order chi connectivity index (χ1) is 16.1. The molecule has 4 rings (SSSR count). The van der Waals surface area contributed by atoms with E-state index in [1.807, 2.05) is 4.90 Å². The van der Waals surface area contributed by atoms with Crippen LogP contribution in [0.2, 0.25) is 10.0 Å². The van der Waals surface area contributed by atoms with Crippen molar-refractivity contribution in [1.29, 1.82) is 0 Å². The molecule has 1 aliphatic rings. The van der Waals surface area contributed by atoms with Crippen LogP contribution >= 0.6 is 23.2 Å². The standard InChI is InChI=1S/C23H20Cl2F3N3O3/c1-13-2-4-15-16(24)11-17(25)22(21(15)29-13)34-12-20(32)30-18-10-14(23(26,27)28)3-5-19(18)31-6-8-33-9-7-31/h2-5,10-11H,6-9,12H2,1H3,(H,30,32). The molecule has 2 aromatic carbocycles. The van der Waals surface area contributed by atoms with E-state index < -0.39 is 24.3 Å². The molecule has 1 amide bonds. The quantitative estimate of drug-likeness (QED) is 0.472. The Bertz CT molecular complexity index is 1230. The Labute approximate surface area is 203 Å². The van der Waals surface area contributed by atoms with E-state index in [0.717, 1.165) is 12.1 Å². The number of hydrogen-bond donors (Lipinski definition) is 1. The minimum Gasteiger partial charge on any atom is -0.480 e. The number of alkyl halides is 3. The number of pyridine rings is 1. The predicted octanol–water partition coefficient (Wildman–Crippen LogP) is 5.72. The monoisotopic (exact) mass is 513 g/mol. The van der Waals surface area contributed by atoms with Crippen molar-refractivity contribution in [2.75, 3.05) is 43.1 Å². The van der Waals surface area contributed by atoms with Crippen LogP contribution in [0.1, 0.15) is 11.3 Å². The molecule has 0 spiro atoms. The number of amides is 1. The first kappa shape index (κ1) is 24.4. The van der Waals surface area contributed by atoms with E-state index in [4.69, 9.17) is 32.7 Å². The van der Waals surface area contributed by atoms with Gasteiger partial charge in [0.1, 0.15) is 5.52 Å². The number of carbonyl (C=O) groups excluding carboxylic acids is 1. The minimum absolute atomic E-state index is 0.0337. The van der Waals surface area contributed by atoms with Crippen LogP contribution in [0.4, 0.5) is 24.5 Å². The van der Waals surface area contributed by atoms with Gasteiger partial charge in [0.05, 0.1) is 40.2 Å². The molecular formula is C23H20Cl2F3N3O3. The van der Waals surface area contributed by atoms with Gasteiger partial charge in [-0.2, -0.15) is 13.2 Å². The van der Waals surface area contributed by atoms with Crippen molar-refractivity contribution in [2.24, 2.45) is 0 Å². The molecule has 6 nitrogen and oxygen atoms in total. The maximum Gasteiger partial charge on any atom is 0.416 e. The van der Waals surface area contributed by atoms with Gasteiger partial charge in [0, 0.05) is 24.2 Å². The number of aromatic nitrogens is 1. The second-order valence-corrected chi connectivity index (χ2v) is 8.50. The van der Waals surface area contributed by atoms with Crippen LogP contribution in [0, 0.1) is 6.92 Å².